The molecule has 3 heterocycles. The smallest absolute Gasteiger partial charge is 0.336 e. The predicted octanol–water partition coefficient (Wildman–Crippen LogP) is 4.86. The van der Waals surface area contributed by atoms with E-state index in [1.807, 2.05) is 48.5 Å². The number of halogens is 1. The van der Waals surface area contributed by atoms with Crippen LogP contribution in [0.3, 0.4) is 0 Å². The molecule has 3 aromatic carbocycles. The summed E-state index contributed by atoms with van der Waals surface area (Å²) >= 11 is 6.31. The third-order valence-corrected chi connectivity index (χ3v) is 7.56. The van der Waals surface area contributed by atoms with E-state index in [0.717, 1.165) is 10.8 Å². The Labute approximate surface area is 205 Å². The zero-order valence-corrected chi connectivity index (χ0v) is 19.5. The SMILES string of the molecule is Cc1c(-n2c(O)c3n(c2=O)[C@H]2C[C@@H]3N(C(=O)Nc3cccc4ccccc34)C2)ccc(C#N)c1Cl. The fraction of sp³-hybridized carbons (Fsp3) is 0.192. The van der Waals surface area contributed by atoms with Gasteiger partial charge in [-0.3, -0.25) is 4.57 Å². The van der Waals surface area contributed by atoms with Crippen molar-refractivity contribution >= 4 is 34.1 Å². The molecule has 1 fully saturated rings. The molecule has 2 aliphatic rings. The first-order valence-corrected chi connectivity index (χ1v) is 11.6. The van der Waals surface area contributed by atoms with Gasteiger partial charge in [-0.2, -0.15) is 5.26 Å². The summed E-state index contributed by atoms with van der Waals surface area (Å²) in [7, 11) is 0. The number of rotatable bonds is 2. The second-order valence-corrected chi connectivity index (χ2v) is 9.27. The summed E-state index contributed by atoms with van der Waals surface area (Å²) in [6.45, 7) is 2.07. The van der Waals surface area contributed by atoms with Crippen molar-refractivity contribution in [3.63, 3.8) is 0 Å². The average Bonchev–Trinajstić information content (AvgIpc) is 3.53. The van der Waals surface area contributed by atoms with Gasteiger partial charge >= 0.3 is 11.7 Å². The molecule has 2 bridgehead atoms. The predicted molar refractivity (Wildman–Crippen MR) is 132 cm³/mol. The minimum atomic E-state index is -0.432. The minimum Gasteiger partial charge on any atom is -0.493 e. The van der Waals surface area contributed by atoms with Crippen LogP contribution in [-0.4, -0.2) is 31.7 Å². The molecule has 2 amide bonds. The summed E-state index contributed by atoms with van der Waals surface area (Å²) in [6, 6.07) is 17.7. The first kappa shape index (κ1) is 21.3. The molecule has 0 unspecified atom stereocenters. The number of carbonyl (C=O) groups excluding carboxylic acids is 1. The molecule has 35 heavy (non-hydrogen) atoms. The molecule has 9 heteroatoms. The van der Waals surface area contributed by atoms with E-state index in [1.54, 1.807) is 22.5 Å². The summed E-state index contributed by atoms with van der Waals surface area (Å²) in [5.74, 6) is -0.214. The van der Waals surface area contributed by atoms with Gasteiger partial charge in [0.15, 0.2) is 0 Å². The molecule has 2 aliphatic heterocycles. The molecule has 0 saturated carbocycles. The maximum atomic E-state index is 13.3. The fourth-order valence-electron chi connectivity index (χ4n) is 5.41. The van der Waals surface area contributed by atoms with Crippen molar-refractivity contribution in [3.8, 4) is 17.6 Å². The molecule has 1 aromatic heterocycles. The van der Waals surface area contributed by atoms with E-state index in [9.17, 15) is 20.0 Å². The van der Waals surface area contributed by atoms with Crippen LogP contribution in [0.5, 0.6) is 5.88 Å². The fourth-order valence-corrected chi connectivity index (χ4v) is 5.61. The van der Waals surface area contributed by atoms with Gasteiger partial charge in [0.05, 0.1) is 34.0 Å². The van der Waals surface area contributed by atoms with Gasteiger partial charge in [0.25, 0.3) is 0 Å². The molecular weight excluding hydrogens is 466 g/mol. The number of fused-ring (bicyclic) bond motifs is 6. The normalized spacial score (nSPS) is 18.0. The van der Waals surface area contributed by atoms with Gasteiger partial charge < -0.3 is 15.3 Å². The molecular formula is C26H20ClN5O3. The lowest BCUT2D eigenvalue weighted by atomic mass is 10.1. The van der Waals surface area contributed by atoms with Crippen molar-refractivity contribution in [3.05, 3.63) is 86.9 Å². The third-order valence-electron chi connectivity index (χ3n) is 7.07. The summed E-state index contributed by atoms with van der Waals surface area (Å²) in [5.41, 5.74) is 1.96. The van der Waals surface area contributed by atoms with Gasteiger partial charge in [0.1, 0.15) is 11.8 Å². The number of anilines is 1. The van der Waals surface area contributed by atoms with Crippen LogP contribution in [0.25, 0.3) is 16.5 Å². The van der Waals surface area contributed by atoms with Gasteiger partial charge in [-0.05, 0) is 42.5 Å². The largest absolute Gasteiger partial charge is 0.493 e. The average molecular weight is 486 g/mol. The van der Waals surface area contributed by atoms with Gasteiger partial charge in [-0.15, -0.1) is 0 Å². The zero-order valence-electron chi connectivity index (χ0n) is 18.7. The van der Waals surface area contributed by atoms with Crippen molar-refractivity contribution in [1.82, 2.24) is 14.0 Å². The molecule has 1 saturated heterocycles. The van der Waals surface area contributed by atoms with Crippen molar-refractivity contribution in [1.29, 1.82) is 5.26 Å². The van der Waals surface area contributed by atoms with Crippen molar-refractivity contribution < 1.29 is 9.90 Å². The number of urea groups is 1. The lowest BCUT2D eigenvalue weighted by molar-refractivity contribution is 0.198. The molecule has 8 nitrogen and oxygen atoms in total. The summed E-state index contributed by atoms with van der Waals surface area (Å²) in [4.78, 5) is 28.3. The number of aromatic hydroxyl groups is 1. The Balaban J connectivity index is 1.37. The van der Waals surface area contributed by atoms with Crippen molar-refractivity contribution in [2.45, 2.75) is 25.4 Å². The Hall–Kier alpha value is -4.22. The van der Waals surface area contributed by atoms with E-state index in [1.165, 1.54) is 10.6 Å². The van der Waals surface area contributed by atoms with Crippen LogP contribution in [0.2, 0.25) is 5.02 Å². The number of imidazole rings is 1. The van der Waals surface area contributed by atoms with Crippen LogP contribution in [0.15, 0.2) is 59.4 Å². The Morgan fingerprint density at radius 3 is 2.74 bits per heavy atom. The van der Waals surface area contributed by atoms with Crippen LogP contribution in [-0.2, 0) is 0 Å². The van der Waals surface area contributed by atoms with E-state index in [4.69, 9.17) is 11.6 Å². The Morgan fingerprint density at radius 1 is 1.17 bits per heavy atom. The van der Waals surface area contributed by atoms with E-state index >= 15 is 0 Å². The number of hydrogen-bond donors (Lipinski definition) is 2. The second kappa shape index (κ2) is 7.65. The maximum Gasteiger partial charge on any atom is 0.336 e. The molecule has 2 N–H and O–H groups in total. The van der Waals surface area contributed by atoms with Crippen LogP contribution in [0, 0.1) is 18.3 Å². The Morgan fingerprint density at radius 2 is 1.94 bits per heavy atom. The third kappa shape index (κ3) is 2.98. The number of likely N-dealkylation sites (tertiary alicyclic amines) is 1. The van der Waals surface area contributed by atoms with E-state index in [0.29, 0.717) is 41.2 Å². The lowest BCUT2D eigenvalue weighted by Gasteiger charge is -2.28. The van der Waals surface area contributed by atoms with E-state index < -0.39 is 6.04 Å². The number of benzene rings is 3. The van der Waals surface area contributed by atoms with Crippen LogP contribution in [0.1, 0.15) is 35.3 Å². The first-order valence-electron chi connectivity index (χ1n) is 11.2. The molecule has 0 aliphatic carbocycles. The van der Waals surface area contributed by atoms with Crippen LogP contribution in [0.4, 0.5) is 10.5 Å². The molecule has 6 rings (SSSR count). The first-order chi connectivity index (χ1) is 16.9. The molecule has 4 aromatic rings. The number of nitrogens with zero attached hydrogens (tertiary/aromatic N) is 4. The molecule has 0 radical (unpaired) electrons. The second-order valence-electron chi connectivity index (χ2n) is 8.89. The summed E-state index contributed by atoms with van der Waals surface area (Å²) in [6.07, 6.45) is 0.565. The summed E-state index contributed by atoms with van der Waals surface area (Å²) in [5, 5.41) is 25.6. The highest BCUT2D eigenvalue weighted by molar-refractivity contribution is 6.32. The molecule has 174 valence electrons. The van der Waals surface area contributed by atoms with Crippen molar-refractivity contribution in [2.24, 2.45) is 0 Å². The highest BCUT2D eigenvalue weighted by Gasteiger charge is 2.49. The quantitative estimate of drug-likeness (QED) is 0.423. The van der Waals surface area contributed by atoms with Crippen LogP contribution >= 0.6 is 11.6 Å². The standard InChI is InChI=1S/C26H20ClN5O3/c1-14-20(10-9-16(12-28)22(14)27)32-24(33)23-21-11-17(31(23)26(32)35)13-30(21)25(34)29-19-8-4-6-15-5-2-3-7-18(15)19/h2-10,17,21,33H,11,13H2,1H3,(H,29,34)/t17-,21-/m0/s1. The van der Waals surface area contributed by atoms with Crippen molar-refractivity contribution in [2.75, 3.05) is 11.9 Å². The van der Waals surface area contributed by atoms with Gasteiger partial charge in [0.2, 0.25) is 5.88 Å². The summed E-state index contributed by atoms with van der Waals surface area (Å²) < 4.78 is 2.79. The van der Waals surface area contributed by atoms with Gasteiger partial charge in [-0.25, -0.2) is 14.2 Å². The number of aromatic nitrogens is 2. The van der Waals surface area contributed by atoms with Gasteiger partial charge in [-0.1, -0.05) is 48.0 Å². The van der Waals surface area contributed by atoms with E-state index in [2.05, 4.69) is 5.32 Å². The van der Waals surface area contributed by atoms with Gasteiger partial charge in [0, 0.05) is 11.9 Å². The molecule has 2 atom stereocenters. The lowest BCUT2D eigenvalue weighted by Crippen LogP contribution is -2.40. The number of hydrogen-bond acceptors (Lipinski definition) is 4. The number of amides is 2. The molecule has 0 spiro atoms. The minimum absolute atomic E-state index is 0.214. The zero-order chi connectivity index (χ0) is 24.4. The monoisotopic (exact) mass is 485 g/mol. The number of nitrogens with one attached hydrogen (secondary N) is 1. The maximum absolute atomic E-state index is 13.3. The highest BCUT2D eigenvalue weighted by atomic mass is 35.5. The Kier molecular flexibility index (Phi) is 4.66. The number of carbonyl (C=O) groups is 1. The highest BCUT2D eigenvalue weighted by Crippen LogP contribution is 2.49. The van der Waals surface area contributed by atoms with E-state index in [-0.39, 0.29) is 28.7 Å². The van der Waals surface area contributed by atoms with Crippen LogP contribution < -0.4 is 11.0 Å². The Bertz CT molecular complexity index is 1640. The topological polar surface area (TPSA) is 103 Å². The number of nitriles is 1.